The number of amides is 1. The first-order chi connectivity index (χ1) is 12.5. The molecule has 2 unspecified atom stereocenters. The number of hydrogen-bond acceptors (Lipinski definition) is 4. The molecule has 26 heavy (non-hydrogen) atoms. The van der Waals surface area contributed by atoms with E-state index in [4.69, 9.17) is 14.9 Å². The summed E-state index contributed by atoms with van der Waals surface area (Å²) >= 11 is 0. The first kappa shape index (κ1) is 18.1. The second kappa shape index (κ2) is 7.68. The summed E-state index contributed by atoms with van der Waals surface area (Å²) in [4.78, 5) is 14.5. The molecule has 1 aromatic carbocycles. The van der Waals surface area contributed by atoms with Crippen molar-refractivity contribution in [2.75, 3.05) is 12.8 Å². The zero-order chi connectivity index (χ0) is 18.7. The number of ether oxygens (including phenoxy) is 1. The molecule has 0 spiro atoms. The Morgan fingerprint density at radius 2 is 1.96 bits per heavy atom. The highest BCUT2D eigenvalue weighted by Crippen LogP contribution is 2.33. The number of furan rings is 1. The van der Waals surface area contributed by atoms with Gasteiger partial charge >= 0.3 is 0 Å². The summed E-state index contributed by atoms with van der Waals surface area (Å²) in [6, 6.07) is 9.70. The summed E-state index contributed by atoms with van der Waals surface area (Å²) < 4.78 is 11.2. The maximum Gasteiger partial charge on any atom is 0.247 e. The smallest absolute Gasteiger partial charge is 0.247 e. The molecule has 138 valence electrons. The van der Waals surface area contributed by atoms with E-state index in [2.05, 4.69) is 13.8 Å². The van der Waals surface area contributed by atoms with Crippen molar-refractivity contribution in [3.63, 3.8) is 0 Å². The fourth-order valence-corrected chi connectivity index (χ4v) is 3.59. The fourth-order valence-electron chi connectivity index (χ4n) is 3.59. The first-order valence-electron chi connectivity index (χ1n) is 9.03. The Hall–Kier alpha value is -2.69. The normalized spacial score (nSPS) is 20.5. The molecular formula is C21H26N2O3. The van der Waals surface area contributed by atoms with Gasteiger partial charge in [-0.15, -0.1) is 0 Å². The van der Waals surface area contributed by atoms with E-state index in [0.29, 0.717) is 23.0 Å². The largest absolute Gasteiger partial charge is 0.496 e. The quantitative estimate of drug-likeness (QED) is 0.655. The van der Waals surface area contributed by atoms with Crippen LogP contribution in [0.3, 0.4) is 0 Å². The van der Waals surface area contributed by atoms with Crippen LogP contribution in [0.4, 0.5) is 5.69 Å². The number of likely N-dealkylation sites (tertiary alicyclic amines) is 1. The van der Waals surface area contributed by atoms with E-state index in [1.165, 1.54) is 6.42 Å². The molecule has 2 atom stereocenters. The van der Waals surface area contributed by atoms with E-state index in [9.17, 15) is 4.79 Å². The van der Waals surface area contributed by atoms with Gasteiger partial charge in [-0.3, -0.25) is 4.79 Å². The van der Waals surface area contributed by atoms with Crippen LogP contribution in [0, 0.1) is 0 Å². The minimum absolute atomic E-state index is 0.0349. The lowest BCUT2D eigenvalue weighted by Crippen LogP contribution is -2.46. The Labute approximate surface area is 154 Å². The van der Waals surface area contributed by atoms with Gasteiger partial charge in [-0.05, 0) is 63.5 Å². The zero-order valence-corrected chi connectivity index (χ0v) is 15.6. The van der Waals surface area contributed by atoms with Crippen LogP contribution in [0.25, 0.3) is 17.4 Å². The summed E-state index contributed by atoms with van der Waals surface area (Å²) in [6.07, 6.45) is 6.63. The molecule has 0 aliphatic carbocycles. The highest BCUT2D eigenvalue weighted by atomic mass is 16.5. The number of nitrogens with zero attached hydrogens (tertiary/aromatic N) is 1. The van der Waals surface area contributed by atoms with Gasteiger partial charge in [0.25, 0.3) is 0 Å². The van der Waals surface area contributed by atoms with Crippen LogP contribution in [0.5, 0.6) is 5.75 Å². The molecule has 2 N–H and O–H groups in total. The Morgan fingerprint density at radius 1 is 1.23 bits per heavy atom. The Morgan fingerprint density at radius 3 is 2.65 bits per heavy atom. The summed E-state index contributed by atoms with van der Waals surface area (Å²) in [6.45, 7) is 4.22. The average molecular weight is 354 g/mol. The lowest BCUT2D eigenvalue weighted by Gasteiger charge is -2.38. The van der Waals surface area contributed by atoms with Crippen molar-refractivity contribution in [1.82, 2.24) is 4.90 Å². The number of anilines is 1. The maximum absolute atomic E-state index is 12.6. The number of carbonyl (C=O) groups excluding carboxylic acids is 1. The number of nitrogens with two attached hydrogens (primary N) is 1. The molecule has 1 saturated heterocycles. The molecule has 1 aliphatic rings. The van der Waals surface area contributed by atoms with Gasteiger partial charge in [0, 0.05) is 29.9 Å². The van der Waals surface area contributed by atoms with Gasteiger partial charge in [0.05, 0.1) is 12.7 Å². The highest BCUT2D eigenvalue weighted by molar-refractivity contribution is 5.92. The number of piperidine rings is 1. The lowest BCUT2D eigenvalue weighted by molar-refractivity contribution is -0.131. The van der Waals surface area contributed by atoms with E-state index in [0.717, 1.165) is 18.4 Å². The lowest BCUT2D eigenvalue weighted by atomic mass is 9.97. The second-order valence-electron chi connectivity index (χ2n) is 6.87. The van der Waals surface area contributed by atoms with Crippen LogP contribution in [0.1, 0.15) is 38.9 Å². The Bertz CT molecular complexity index is 799. The maximum atomic E-state index is 12.6. The second-order valence-corrected chi connectivity index (χ2v) is 6.87. The number of hydrogen-bond donors (Lipinski definition) is 1. The Balaban J connectivity index is 1.76. The SMILES string of the molecule is COc1cc(N)ccc1-c1ccc(/C=C/C(=O)N2C(C)CCCC2C)o1. The molecule has 1 aromatic heterocycles. The number of nitrogen functional groups attached to an aromatic ring is 1. The topological polar surface area (TPSA) is 68.7 Å². The average Bonchev–Trinajstić information content (AvgIpc) is 3.08. The van der Waals surface area contributed by atoms with Crippen LogP contribution in [-0.2, 0) is 4.79 Å². The fraction of sp³-hybridized carbons (Fsp3) is 0.381. The standard InChI is InChI=1S/C21H26N2O3/c1-14-5-4-6-15(2)23(14)21(24)12-9-17-8-11-19(26-17)18-10-7-16(22)13-20(18)25-3/h7-15H,4-6,22H2,1-3H3/b12-9+. The molecule has 2 heterocycles. The molecule has 0 bridgehead atoms. The van der Waals surface area contributed by atoms with E-state index < -0.39 is 0 Å². The van der Waals surface area contributed by atoms with Crippen molar-refractivity contribution in [2.45, 2.75) is 45.2 Å². The van der Waals surface area contributed by atoms with E-state index in [1.54, 1.807) is 31.4 Å². The van der Waals surface area contributed by atoms with Gasteiger partial charge in [-0.25, -0.2) is 0 Å². The molecule has 0 radical (unpaired) electrons. The van der Waals surface area contributed by atoms with Crippen LogP contribution < -0.4 is 10.5 Å². The van der Waals surface area contributed by atoms with Crippen molar-refractivity contribution < 1.29 is 13.9 Å². The molecule has 5 heteroatoms. The zero-order valence-electron chi connectivity index (χ0n) is 15.6. The molecule has 0 saturated carbocycles. The van der Waals surface area contributed by atoms with Gasteiger partial charge in [-0.1, -0.05) is 0 Å². The van der Waals surface area contributed by atoms with Gasteiger partial charge < -0.3 is 19.8 Å². The predicted molar refractivity (Wildman–Crippen MR) is 104 cm³/mol. The summed E-state index contributed by atoms with van der Waals surface area (Å²) in [5.41, 5.74) is 7.25. The summed E-state index contributed by atoms with van der Waals surface area (Å²) in [5, 5.41) is 0. The molecule has 1 aliphatic heterocycles. The van der Waals surface area contributed by atoms with Crippen LogP contribution in [0.15, 0.2) is 40.8 Å². The highest BCUT2D eigenvalue weighted by Gasteiger charge is 2.27. The van der Waals surface area contributed by atoms with Crippen molar-refractivity contribution in [3.8, 4) is 17.1 Å². The number of methoxy groups -OCH3 is 1. The minimum atomic E-state index is 0.0349. The van der Waals surface area contributed by atoms with E-state index in [1.807, 2.05) is 23.1 Å². The number of benzene rings is 1. The minimum Gasteiger partial charge on any atom is -0.496 e. The van der Waals surface area contributed by atoms with Crippen molar-refractivity contribution in [2.24, 2.45) is 0 Å². The van der Waals surface area contributed by atoms with Crippen molar-refractivity contribution >= 4 is 17.7 Å². The third kappa shape index (κ3) is 3.77. The third-order valence-corrected chi connectivity index (χ3v) is 4.96. The molecule has 1 fully saturated rings. The molecule has 1 amide bonds. The molecular weight excluding hydrogens is 328 g/mol. The summed E-state index contributed by atoms with van der Waals surface area (Å²) in [5.74, 6) is 1.99. The van der Waals surface area contributed by atoms with Crippen molar-refractivity contribution in [1.29, 1.82) is 0 Å². The number of rotatable bonds is 4. The van der Waals surface area contributed by atoms with Gasteiger partial charge in [0.1, 0.15) is 17.3 Å². The monoisotopic (exact) mass is 354 g/mol. The van der Waals surface area contributed by atoms with E-state index >= 15 is 0 Å². The van der Waals surface area contributed by atoms with Gasteiger partial charge in [0.15, 0.2) is 0 Å². The first-order valence-corrected chi connectivity index (χ1v) is 9.03. The molecule has 3 rings (SSSR count). The van der Waals surface area contributed by atoms with Crippen LogP contribution in [-0.4, -0.2) is 30.0 Å². The van der Waals surface area contributed by atoms with Crippen LogP contribution >= 0.6 is 0 Å². The number of carbonyl (C=O) groups is 1. The van der Waals surface area contributed by atoms with Gasteiger partial charge in [-0.2, -0.15) is 0 Å². The van der Waals surface area contributed by atoms with Gasteiger partial charge in [0.2, 0.25) is 5.91 Å². The van der Waals surface area contributed by atoms with Crippen molar-refractivity contribution in [3.05, 3.63) is 42.2 Å². The molecule has 2 aromatic rings. The predicted octanol–water partition coefficient (Wildman–Crippen LogP) is 4.34. The van der Waals surface area contributed by atoms with E-state index in [-0.39, 0.29) is 18.0 Å². The molecule has 5 nitrogen and oxygen atoms in total. The summed E-state index contributed by atoms with van der Waals surface area (Å²) in [7, 11) is 1.60. The Kier molecular flexibility index (Phi) is 5.35. The van der Waals surface area contributed by atoms with Crippen LogP contribution in [0.2, 0.25) is 0 Å². The third-order valence-electron chi connectivity index (χ3n) is 4.96.